The van der Waals surface area contributed by atoms with Crippen molar-refractivity contribution in [1.82, 2.24) is 0 Å². The lowest BCUT2D eigenvalue weighted by molar-refractivity contribution is -0.137. The molecule has 2 rings (SSSR count). The molecule has 0 aromatic rings. The van der Waals surface area contributed by atoms with E-state index < -0.39 is 12.1 Å². The zero-order valence-electron chi connectivity index (χ0n) is 16.3. The van der Waals surface area contributed by atoms with Crippen molar-refractivity contribution in [1.29, 1.82) is 0 Å². The van der Waals surface area contributed by atoms with Gasteiger partial charge in [0.2, 0.25) is 0 Å². The monoisotopic (exact) mass is 382 g/mol. The molecule has 1 saturated heterocycles. The smallest absolute Gasteiger partial charge is 0.481 e. The summed E-state index contributed by atoms with van der Waals surface area (Å²) in [6.07, 6.45) is 11.8. The number of hydrogen-bond acceptors (Lipinski definition) is 5. The zero-order valence-corrected chi connectivity index (χ0v) is 16.3. The molecule has 0 aromatic carbocycles. The summed E-state index contributed by atoms with van der Waals surface area (Å²) in [6, 6.07) is 0. The number of ether oxygens (including phenoxy) is 2. The van der Waals surface area contributed by atoms with Gasteiger partial charge in [-0.25, -0.2) is 4.79 Å². The molecule has 0 unspecified atom stereocenters. The maximum Gasteiger partial charge on any atom is 0.508 e. The summed E-state index contributed by atoms with van der Waals surface area (Å²) in [5.41, 5.74) is 0. The van der Waals surface area contributed by atoms with Crippen molar-refractivity contribution < 1.29 is 29.3 Å². The molecule has 2 fully saturated rings. The number of carboxylic acids is 1. The highest BCUT2D eigenvalue weighted by Gasteiger charge is 2.50. The number of rotatable bonds is 13. The second-order valence-corrected chi connectivity index (χ2v) is 7.85. The molecule has 2 bridgehead atoms. The molecule has 0 spiro atoms. The van der Waals surface area contributed by atoms with E-state index in [0.29, 0.717) is 6.42 Å². The van der Waals surface area contributed by atoms with Gasteiger partial charge in [0.05, 0.1) is 6.10 Å². The van der Waals surface area contributed by atoms with Gasteiger partial charge in [-0.3, -0.25) is 4.79 Å². The van der Waals surface area contributed by atoms with Gasteiger partial charge in [0, 0.05) is 24.7 Å². The van der Waals surface area contributed by atoms with Crippen LogP contribution in [0.25, 0.3) is 0 Å². The summed E-state index contributed by atoms with van der Waals surface area (Å²) in [5.74, 6) is -0.347. The number of aliphatic hydroxyl groups excluding tert-OH is 1. The molecule has 6 nitrogen and oxygen atoms in total. The van der Waals surface area contributed by atoms with Crippen LogP contribution in [-0.2, 0) is 14.3 Å². The highest BCUT2D eigenvalue weighted by Crippen LogP contribution is 2.44. The molecule has 2 N–H and O–H groups in total. The third kappa shape index (κ3) is 7.17. The average molecular weight is 382 g/mol. The molecule has 154 valence electrons. The zero-order chi connectivity index (χ0) is 19.6. The highest BCUT2D eigenvalue weighted by atomic mass is 16.7. The lowest BCUT2D eigenvalue weighted by Crippen LogP contribution is -2.28. The van der Waals surface area contributed by atoms with Crippen LogP contribution < -0.4 is 0 Å². The Morgan fingerprint density at radius 2 is 1.89 bits per heavy atom. The Morgan fingerprint density at radius 1 is 1.15 bits per heavy atom. The van der Waals surface area contributed by atoms with Gasteiger partial charge in [-0.1, -0.05) is 38.3 Å². The van der Waals surface area contributed by atoms with Crippen molar-refractivity contribution in [3.05, 3.63) is 12.2 Å². The summed E-state index contributed by atoms with van der Waals surface area (Å²) in [4.78, 5) is 22.2. The largest absolute Gasteiger partial charge is 0.508 e. The van der Waals surface area contributed by atoms with Crippen LogP contribution in [0.5, 0.6) is 0 Å². The lowest BCUT2D eigenvalue weighted by Gasteiger charge is -2.23. The molecular weight excluding hydrogens is 348 g/mol. The summed E-state index contributed by atoms with van der Waals surface area (Å²) >= 11 is 0. The first-order valence-corrected chi connectivity index (χ1v) is 10.4. The summed E-state index contributed by atoms with van der Waals surface area (Å²) in [6.45, 7) is 2.15. The number of hydrogen-bond donors (Lipinski definition) is 2. The average Bonchev–Trinajstić information content (AvgIpc) is 2.86. The quantitative estimate of drug-likeness (QED) is 0.278. The third-order valence-electron chi connectivity index (χ3n) is 5.78. The fourth-order valence-electron chi connectivity index (χ4n) is 4.30. The molecule has 6 heteroatoms. The molecule has 1 aliphatic carbocycles. The standard InChI is InChI=1S/C21H34O6/c1-2-3-6-9-15(22)12-13-17-16(10-7-4-5-8-11-20(23)24)18-14-19(17)27-21(25)26-18/h4,7,15-19,22H,2-3,5-6,8-14H2,1H3,(H,23,24)/t15-,16+,17+,18-,19+/m0/s1. The lowest BCUT2D eigenvalue weighted by atomic mass is 9.85. The SMILES string of the molecule is CCCCC[C@H](O)CC[C@@H]1[C@@H](CC=CCCCC(=O)O)[C@@H]2C[C@H]1OC(=O)O2. The number of unbranched alkanes of at least 4 members (excludes halogenated alkanes) is 3. The number of allylic oxidation sites excluding steroid dienone is 2. The maximum absolute atomic E-state index is 11.6. The van der Waals surface area contributed by atoms with Crippen LogP contribution >= 0.6 is 0 Å². The van der Waals surface area contributed by atoms with Gasteiger partial charge in [0.25, 0.3) is 0 Å². The Bertz CT molecular complexity index is 503. The van der Waals surface area contributed by atoms with Gasteiger partial charge < -0.3 is 19.7 Å². The van der Waals surface area contributed by atoms with E-state index >= 15 is 0 Å². The Morgan fingerprint density at radius 3 is 2.59 bits per heavy atom. The predicted molar refractivity (Wildman–Crippen MR) is 101 cm³/mol. The van der Waals surface area contributed by atoms with Crippen molar-refractivity contribution >= 4 is 12.1 Å². The van der Waals surface area contributed by atoms with Crippen molar-refractivity contribution in [2.45, 2.75) is 95.9 Å². The van der Waals surface area contributed by atoms with Crippen molar-refractivity contribution in [2.24, 2.45) is 11.8 Å². The second-order valence-electron chi connectivity index (χ2n) is 7.85. The molecule has 2 aliphatic rings. The Kier molecular flexibility index (Phi) is 9.11. The van der Waals surface area contributed by atoms with E-state index in [4.69, 9.17) is 14.6 Å². The maximum atomic E-state index is 11.6. The van der Waals surface area contributed by atoms with Crippen molar-refractivity contribution in [2.75, 3.05) is 0 Å². The second kappa shape index (κ2) is 11.3. The van der Waals surface area contributed by atoms with E-state index in [1.165, 1.54) is 0 Å². The normalized spacial score (nSPS) is 28.1. The first-order chi connectivity index (χ1) is 13.0. The van der Waals surface area contributed by atoms with Crippen LogP contribution in [-0.4, -0.2) is 40.6 Å². The first-order valence-electron chi connectivity index (χ1n) is 10.4. The van der Waals surface area contributed by atoms with E-state index in [2.05, 4.69) is 13.0 Å². The molecule has 0 amide bonds. The Hall–Kier alpha value is -1.56. The van der Waals surface area contributed by atoms with Crippen LogP contribution in [0.15, 0.2) is 12.2 Å². The summed E-state index contributed by atoms with van der Waals surface area (Å²) < 4.78 is 10.8. The fraction of sp³-hybridized carbons (Fsp3) is 0.810. The topological polar surface area (TPSA) is 93.1 Å². The molecule has 27 heavy (non-hydrogen) atoms. The molecule has 1 aliphatic heterocycles. The van der Waals surface area contributed by atoms with Gasteiger partial charge in [0.1, 0.15) is 12.2 Å². The van der Waals surface area contributed by atoms with Gasteiger partial charge in [-0.15, -0.1) is 0 Å². The van der Waals surface area contributed by atoms with E-state index in [9.17, 15) is 14.7 Å². The number of carbonyl (C=O) groups excluding carboxylic acids is 1. The molecule has 1 saturated carbocycles. The molecule has 0 radical (unpaired) electrons. The minimum atomic E-state index is -0.769. The minimum Gasteiger partial charge on any atom is -0.481 e. The predicted octanol–water partition coefficient (Wildman–Crippen LogP) is 4.45. The van der Waals surface area contributed by atoms with Gasteiger partial charge in [0.15, 0.2) is 0 Å². The van der Waals surface area contributed by atoms with Crippen LogP contribution in [0.4, 0.5) is 4.79 Å². The van der Waals surface area contributed by atoms with Crippen molar-refractivity contribution in [3.63, 3.8) is 0 Å². The minimum absolute atomic E-state index is 0.107. The fourth-order valence-corrected chi connectivity index (χ4v) is 4.30. The number of fused-ring (bicyclic) bond motifs is 2. The molecule has 0 aromatic heterocycles. The molecular formula is C21H34O6. The van der Waals surface area contributed by atoms with E-state index in [1.807, 2.05) is 6.08 Å². The summed E-state index contributed by atoms with van der Waals surface area (Å²) in [7, 11) is 0. The van der Waals surface area contributed by atoms with E-state index in [-0.39, 0.29) is 36.6 Å². The van der Waals surface area contributed by atoms with E-state index in [1.54, 1.807) is 0 Å². The van der Waals surface area contributed by atoms with Gasteiger partial charge in [-0.05, 0) is 38.5 Å². The third-order valence-corrected chi connectivity index (χ3v) is 5.78. The molecule has 5 atom stereocenters. The van der Waals surface area contributed by atoms with Crippen molar-refractivity contribution in [3.8, 4) is 0 Å². The summed E-state index contributed by atoms with van der Waals surface area (Å²) in [5, 5.41) is 18.9. The van der Waals surface area contributed by atoms with Crippen LogP contribution in [0.3, 0.4) is 0 Å². The number of carboxylic acid groups (broad SMARTS) is 1. The number of carbonyl (C=O) groups is 2. The molecule has 1 heterocycles. The van der Waals surface area contributed by atoms with Crippen LogP contribution in [0.2, 0.25) is 0 Å². The van der Waals surface area contributed by atoms with Gasteiger partial charge in [-0.2, -0.15) is 0 Å². The Balaban J connectivity index is 1.83. The van der Waals surface area contributed by atoms with Crippen LogP contribution in [0.1, 0.15) is 77.6 Å². The number of aliphatic carboxylic acids is 1. The Labute approximate surface area is 161 Å². The highest BCUT2D eigenvalue weighted by molar-refractivity contribution is 5.66. The van der Waals surface area contributed by atoms with E-state index in [0.717, 1.165) is 57.8 Å². The van der Waals surface area contributed by atoms with Crippen LogP contribution in [0, 0.1) is 11.8 Å². The number of aliphatic hydroxyl groups is 1. The first kappa shape index (κ1) is 21.7. The van der Waals surface area contributed by atoms with Gasteiger partial charge >= 0.3 is 12.1 Å².